The summed E-state index contributed by atoms with van der Waals surface area (Å²) in [7, 11) is -1.38. The molecule has 2 heterocycles. The summed E-state index contributed by atoms with van der Waals surface area (Å²) >= 11 is 1.46. The van der Waals surface area contributed by atoms with Gasteiger partial charge in [0.05, 0.1) is 17.7 Å². The number of sulfone groups is 1. The van der Waals surface area contributed by atoms with Crippen molar-refractivity contribution >= 4 is 27.5 Å². The smallest absolute Gasteiger partial charge is 0.272 e. The van der Waals surface area contributed by atoms with Crippen molar-refractivity contribution < 1.29 is 13.2 Å². The molecule has 128 valence electrons. The third-order valence-electron chi connectivity index (χ3n) is 4.22. The van der Waals surface area contributed by atoms with Crippen LogP contribution in [0.4, 0.5) is 0 Å². The van der Waals surface area contributed by atoms with Crippen molar-refractivity contribution in [2.24, 2.45) is 0 Å². The molecule has 6 nitrogen and oxygen atoms in total. The van der Waals surface area contributed by atoms with E-state index in [1.807, 2.05) is 41.2 Å². The molecule has 1 aliphatic heterocycles. The normalized spacial score (nSPS) is 19.3. The van der Waals surface area contributed by atoms with E-state index < -0.39 is 9.84 Å². The second-order valence-corrected chi connectivity index (χ2v) is 8.78. The number of amides is 1. The van der Waals surface area contributed by atoms with Gasteiger partial charge in [0.25, 0.3) is 5.91 Å². The first-order valence-electron chi connectivity index (χ1n) is 7.57. The molecule has 1 aromatic carbocycles. The van der Waals surface area contributed by atoms with Gasteiger partial charge in [-0.05, 0) is 24.8 Å². The fraction of sp³-hybridized carbons (Fsp3) is 0.375. The molecule has 1 aromatic heterocycles. The summed E-state index contributed by atoms with van der Waals surface area (Å²) in [6, 6.07) is 9.27. The molecule has 1 unspecified atom stereocenters. The van der Waals surface area contributed by atoms with Gasteiger partial charge in [-0.15, -0.1) is 0 Å². The SMILES string of the molecule is CSc1ncc(C(=O)N(C)C2CCS(=O)(=O)C2)n1-c1ccccc1. The number of carbonyl (C=O) groups is 1. The molecule has 8 heteroatoms. The molecule has 0 saturated carbocycles. The summed E-state index contributed by atoms with van der Waals surface area (Å²) in [5, 5.41) is 0.719. The van der Waals surface area contributed by atoms with E-state index in [0.717, 1.165) is 10.8 Å². The van der Waals surface area contributed by atoms with E-state index in [4.69, 9.17) is 0 Å². The van der Waals surface area contributed by atoms with Crippen molar-refractivity contribution in [2.45, 2.75) is 17.6 Å². The Kier molecular flexibility index (Phi) is 4.69. The van der Waals surface area contributed by atoms with Crippen molar-refractivity contribution in [3.05, 3.63) is 42.2 Å². The van der Waals surface area contributed by atoms with Crippen LogP contribution in [-0.2, 0) is 9.84 Å². The lowest BCUT2D eigenvalue weighted by Crippen LogP contribution is -2.38. The molecule has 1 saturated heterocycles. The molecule has 0 spiro atoms. The van der Waals surface area contributed by atoms with E-state index in [1.54, 1.807) is 13.2 Å². The second-order valence-electron chi connectivity index (χ2n) is 5.77. The lowest BCUT2D eigenvalue weighted by Gasteiger charge is -2.24. The van der Waals surface area contributed by atoms with Gasteiger partial charge in [0.1, 0.15) is 5.69 Å². The molecule has 1 atom stereocenters. The largest absolute Gasteiger partial charge is 0.336 e. The number of rotatable bonds is 4. The number of aromatic nitrogens is 2. The molecular formula is C16H19N3O3S2. The van der Waals surface area contributed by atoms with Gasteiger partial charge >= 0.3 is 0 Å². The van der Waals surface area contributed by atoms with Gasteiger partial charge in [-0.25, -0.2) is 13.4 Å². The van der Waals surface area contributed by atoms with Gasteiger partial charge in [0.2, 0.25) is 0 Å². The highest BCUT2D eigenvalue weighted by molar-refractivity contribution is 7.98. The lowest BCUT2D eigenvalue weighted by atomic mass is 10.2. The summed E-state index contributed by atoms with van der Waals surface area (Å²) in [6.07, 6.45) is 3.95. The van der Waals surface area contributed by atoms with Crippen LogP contribution < -0.4 is 0 Å². The van der Waals surface area contributed by atoms with E-state index in [9.17, 15) is 13.2 Å². The van der Waals surface area contributed by atoms with Crippen LogP contribution in [0.1, 0.15) is 16.9 Å². The number of imidazole rings is 1. The zero-order chi connectivity index (χ0) is 17.3. The predicted octanol–water partition coefficient (Wildman–Crippen LogP) is 1.85. The Morgan fingerprint density at radius 1 is 1.33 bits per heavy atom. The molecule has 0 bridgehead atoms. The van der Waals surface area contributed by atoms with E-state index in [0.29, 0.717) is 12.1 Å². The Morgan fingerprint density at radius 2 is 2.04 bits per heavy atom. The predicted molar refractivity (Wildman–Crippen MR) is 94.5 cm³/mol. The van der Waals surface area contributed by atoms with Crippen molar-refractivity contribution in [2.75, 3.05) is 24.8 Å². The standard InChI is InChI=1S/C16H19N3O3S2/c1-18(13-8-9-24(21,22)11-13)15(20)14-10-17-16(23-2)19(14)12-6-4-3-5-7-12/h3-7,10,13H,8-9,11H2,1-2H3. The highest BCUT2D eigenvalue weighted by Crippen LogP contribution is 2.24. The van der Waals surface area contributed by atoms with Gasteiger partial charge < -0.3 is 4.90 Å². The summed E-state index contributed by atoms with van der Waals surface area (Å²) < 4.78 is 25.2. The van der Waals surface area contributed by atoms with E-state index in [2.05, 4.69) is 4.98 Å². The zero-order valence-corrected chi connectivity index (χ0v) is 15.2. The fourth-order valence-electron chi connectivity index (χ4n) is 2.88. The number of thioether (sulfide) groups is 1. The number of hydrogen-bond donors (Lipinski definition) is 0. The van der Waals surface area contributed by atoms with Crippen molar-refractivity contribution in [1.29, 1.82) is 0 Å². The summed E-state index contributed by atoms with van der Waals surface area (Å²) in [5.41, 5.74) is 1.30. The van der Waals surface area contributed by atoms with Gasteiger partial charge in [0, 0.05) is 18.8 Å². The topological polar surface area (TPSA) is 72.3 Å². The van der Waals surface area contributed by atoms with Gasteiger partial charge in [-0.2, -0.15) is 0 Å². The van der Waals surface area contributed by atoms with Crippen molar-refractivity contribution in [3.8, 4) is 5.69 Å². The molecule has 0 N–H and O–H groups in total. The number of nitrogens with zero attached hydrogens (tertiary/aromatic N) is 3. The molecule has 1 aliphatic rings. The molecule has 0 aliphatic carbocycles. The lowest BCUT2D eigenvalue weighted by molar-refractivity contribution is 0.0739. The van der Waals surface area contributed by atoms with Crippen LogP contribution in [0.25, 0.3) is 5.69 Å². The van der Waals surface area contributed by atoms with Gasteiger partial charge in [0.15, 0.2) is 15.0 Å². The minimum Gasteiger partial charge on any atom is -0.336 e. The number of hydrogen-bond acceptors (Lipinski definition) is 5. The first-order valence-corrected chi connectivity index (χ1v) is 10.6. The zero-order valence-electron chi connectivity index (χ0n) is 13.5. The van der Waals surface area contributed by atoms with Crippen molar-refractivity contribution in [3.63, 3.8) is 0 Å². The highest BCUT2D eigenvalue weighted by Gasteiger charge is 2.34. The number of benzene rings is 1. The van der Waals surface area contributed by atoms with Crippen LogP contribution in [0.3, 0.4) is 0 Å². The molecule has 1 fully saturated rings. The summed E-state index contributed by atoms with van der Waals surface area (Å²) in [6.45, 7) is 0. The Labute approximate surface area is 145 Å². The van der Waals surface area contributed by atoms with Crippen LogP contribution in [0.2, 0.25) is 0 Å². The molecule has 2 aromatic rings. The van der Waals surface area contributed by atoms with Crippen LogP contribution >= 0.6 is 11.8 Å². The molecule has 3 rings (SSSR count). The highest BCUT2D eigenvalue weighted by atomic mass is 32.2. The first kappa shape index (κ1) is 17.0. The summed E-state index contributed by atoms with van der Waals surface area (Å²) in [4.78, 5) is 18.8. The maximum Gasteiger partial charge on any atom is 0.272 e. The Hall–Kier alpha value is -1.80. The Balaban J connectivity index is 1.95. The average molecular weight is 365 g/mol. The molecule has 24 heavy (non-hydrogen) atoms. The Morgan fingerprint density at radius 3 is 2.62 bits per heavy atom. The monoisotopic (exact) mass is 365 g/mol. The maximum atomic E-state index is 12.9. The minimum atomic E-state index is -3.04. The minimum absolute atomic E-state index is 0.0318. The Bertz CT molecular complexity index is 847. The van der Waals surface area contributed by atoms with E-state index in [1.165, 1.54) is 16.7 Å². The average Bonchev–Trinajstić information content (AvgIpc) is 3.17. The van der Waals surface area contributed by atoms with E-state index >= 15 is 0 Å². The number of carbonyl (C=O) groups excluding carboxylic acids is 1. The van der Waals surface area contributed by atoms with Crippen LogP contribution in [0, 0.1) is 0 Å². The van der Waals surface area contributed by atoms with Gasteiger partial charge in [-0.1, -0.05) is 30.0 Å². The fourth-order valence-corrected chi connectivity index (χ4v) is 5.20. The quantitative estimate of drug-likeness (QED) is 0.773. The van der Waals surface area contributed by atoms with Crippen LogP contribution in [0.15, 0.2) is 41.7 Å². The summed E-state index contributed by atoms with van der Waals surface area (Å²) in [5.74, 6) is -0.0401. The third-order valence-corrected chi connectivity index (χ3v) is 6.63. The van der Waals surface area contributed by atoms with Crippen LogP contribution in [-0.4, -0.2) is 59.6 Å². The molecule has 0 radical (unpaired) electrons. The first-order chi connectivity index (χ1) is 11.4. The maximum absolute atomic E-state index is 12.9. The molecular weight excluding hydrogens is 346 g/mol. The molecule has 1 amide bonds. The van der Waals surface area contributed by atoms with Crippen LogP contribution in [0.5, 0.6) is 0 Å². The van der Waals surface area contributed by atoms with E-state index in [-0.39, 0.29) is 23.5 Å². The second kappa shape index (κ2) is 6.60. The number of para-hydroxylation sites is 1. The van der Waals surface area contributed by atoms with Crippen molar-refractivity contribution in [1.82, 2.24) is 14.5 Å². The van der Waals surface area contributed by atoms with Gasteiger partial charge in [-0.3, -0.25) is 9.36 Å². The third kappa shape index (κ3) is 3.21.